The second-order valence-electron chi connectivity index (χ2n) is 5.40. The van der Waals surface area contributed by atoms with E-state index in [0.29, 0.717) is 0 Å². The van der Waals surface area contributed by atoms with Crippen LogP contribution in [0.5, 0.6) is 0 Å². The second kappa shape index (κ2) is 5.16. The quantitative estimate of drug-likeness (QED) is 0.657. The molecule has 0 atom stereocenters. The molecular weight excluding hydrogens is 242 g/mol. The summed E-state index contributed by atoms with van der Waals surface area (Å²) >= 11 is 0. The highest BCUT2D eigenvalue weighted by atomic mass is 14.9. The predicted octanol–water partition coefficient (Wildman–Crippen LogP) is 4.44. The van der Waals surface area contributed by atoms with Crippen molar-refractivity contribution in [3.8, 4) is 0 Å². The van der Waals surface area contributed by atoms with Crippen molar-refractivity contribution in [1.82, 2.24) is 4.57 Å². The number of aromatic nitrogens is 1. The highest BCUT2D eigenvalue weighted by molar-refractivity contribution is 5.85. The van der Waals surface area contributed by atoms with Crippen LogP contribution in [-0.2, 0) is 19.9 Å². The average Bonchev–Trinajstić information content (AvgIpc) is 2.74. The highest BCUT2D eigenvalue weighted by Gasteiger charge is 2.11. The minimum Gasteiger partial charge on any atom is -0.348 e. The Bertz CT molecular complexity index is 732. The number of hydrogen-bond donors (Lipinski definition) is 0. The molecule has 20 heavy (non-hydrogen) atoms. The molecule has 0 saturated carbocycles. The zero-order valence-corrected chi connectivity index (χ0v) is 12.4. The van der Waals surface area contributed by atoms with Gasteiger partial charge in [0.1, 0.15) is 0 Å². The van der Waals surface area contributed by atoms with Crippen LogP contribution in [0, 0.1) is 13.0 Å². The van der Waals surface area contributed by atoms with Crippen molar-refractivity contribution < 1.29 is 0 Å². The number of aryl methyl sites for hydroxylation is 2. The van der Waals surface area contributed by atoms with Crippen LogP contribution < -0.4 is 0 Å². The van der Waals surface area contributed by atoms with Gasteiger partial charge in [0.2, 0.25) is 0 Å². The zero-order valence-electron chi connectivity index (χ0n) is 12.4. The summed E-state index contributed by atoms with van der Waals surface area (Å²) in [5.74, 6) is 0. The van der Waals surface area contributed by atoms with Crippen LogP contribution in [0.25, 0.3) is 10.9 Å². The fraction of sp³-hybridized carbons (Fsp3) is 0.263. The van der Waals surface area contributed by atoms with Crippen molar-refractivity contribution in [2.75, 3.05) is 0 Å². The molecule has 1 aromatic heterocycles. The summed E-state index contributed by atoms with van der Waals surface area (Å²) in [5, 5.41) is 1.26. The Labute approximate surface area is 120 Å². The summed E-state index contributed by atoms with van der Waals surface area (Å²) < 4.78 is 2.27. The molecule has 3 rings (SSSR count). The van der Waals surface area contributed by atoms with Crippen LogP contribution in [0.15, 0.2) is 42.5 Å². The van der Waals surface area contributed by atoms with Gasteiger partial charge in [-0.3, -0.25) is 0 Å². The Morgan fingerprint density at radius 3 is 2.45 bits per heavy atom. The first-order valence-corrected chi connectivity index (χ1v) is 7.23. The Hall–Kier alpha value is -2.02. The fourth-order valence-electron chi connectivity index (χ4n) is 2.83. The molecule has 0 saturated heterocycles. The molecule has 3 aromatic rings. The Morgan fingerprint density at radius 1 is 1.05 bits per heavy atom. The molecule has 1 heteroatoms. The molecule has 0 N–H and O–H groups in total. The molecule has 0 spiro atoms. The van der Waals surface area contributed by atoms with Crippen LogP contribution in [-0.4, -0.2) is 4.57 Å². The van der Waals surface area contributed by atoms with Gasteiger partial charge in [-0.1, -0.05) is 43.3 Å². The number of fused-ring (bicyclic) bond motifs is 1. The van der Waals surface area contributed by atoms with Crippen LogP contribution >= 0.6 is 0 Å². The maximum absolute atomic E-state index is 3.40. The van der Waals surface area contributed by atoms with Crippen molar-refractivity contribution in [3.05, 3.63) is 70.9 Å². The van der Waals surface area contributed by atoms with Crippen molar-refractivity contribution in [2.24, 2.45) is 7.05 Å². The number of nitrogens with zero attached hydrogens (tertiary/aromatic N) is 1. The number of rotatable bonds is 3. The normalized spacial score (nSPS) is 11.2. The van der Waals surface area contributed by atoms with Gasteiger partial charge in [-0.25, -0.2) is 0 Å². The van der Waals surface area contributed by atoms with Crippen LogP contribution in [0.4, 0.5) is 0 Å². The molecule has 0 bridgehead atoms. The number of benzene rings is 2. The summed E-state index contributed by atoms with van der Waals surface area (Å²) in [5.41, 5.74) is 6.77. The molecule has 0 fully saturated rings. The van der Waals surface area contributed by atoms with Gasteiger partial charge in [-0.15, -0.1) is 0 Å². The average molecular weight is 262 g/mol. The smallest absolute Gasteiger partial charge is 0.0489 e. The molecule has 101 valence electrons. The van der Waals surface area contributed by atoms with E-state index in [-0.39, 0.29) is 0 Å². The van der Waals surface area contributed by atoms with Crippen molar-refractivity contribution in [1.29, 1.82) is 0 Å². The number of hydrogen-bond acceptors (Lipinski definition) is 0. The van der Waals surface area contributed by atoms with E-state index in [4.69, 9.17) is 0 Å². The van der Waals surface area contributed by atoms with Gasteiger partial charge in [-0.05, 0) is 48.6 Å². The van der Waals surface area contributed by atoms with Gasteiger partial charge in [0, 0.05) is 23.6 Å². The highest BCUT2D eigenvalue weighted by Crippen LogP contribution is 2.26. The monoisotopic (exact) mass is 262 g/mol. The van der Waals surface area contributed by atoms with Gasteiger partial charge < -0.3 is 4.57 Å². The summed E-state index contributed by atoms with van der Waals surface area (Å²) in [7, 11) is 2.13. The molecule has 0 amide bonds. The third kappa shape index (κ3) is 2.14. The van der Waals surface area contributed by atoms with E-state index in [9.17, 15) is 0 Å². The molecule has 1 radical (unpaired) electrons. The molecule has 0 unspecified atom stereocenters. The lowest BCUT2D eigenvalue weighted by molar-refractivity contribution is 0.903. The van der Waals surface area contributed by atoms with Gasteiger partial charge in [0.25, 0.3) is 0 Å². The van der Waals surface area contributed by atoms with Crippen LogP contribution in [0.2, 0.25) is 0 Å². The molecule has 0 aliphatic rings. The first kappa shape index (κ1) is 13.0. The molecular formula is C19H20N. The van der Waals surface area contributed by atoms with E-state index < -0.39 is 0 Å². The lowest BCUT2D eigenvalue weighted by atomic mass is 10.0. The van der Waals surface area contributed by atoms with Crippen molar-refractivity contribution in [3.63, 3.8) is 0 Å². The maximum Gasteiger partial charge on any atom is 0.0489 e. The maximum atomic E-state index is 3.40. The Kier molecular flexibility index (Phi) is 3.35. The summed E-state index contributed by atoms with van der Waals surface area (Å²) in [6.45, 7) is 4.39. The van der Waals surface area contributed by atoms with Crippen LogP contribution in [0.3, 0.4) is 0 Å². The fourth-order valence-corrected chi connectivity index (χ4v) is 2.83. The zero-order chi connectivity index (χ0) is 14.1. The first-order chi connectivity index (χ1) is 9.70. The van der Waals surface area contributed by atoms with Crippen LogP contribution in [0.1, 0.15) is 29.3 Å². The summed E-state index contributed by atoms with van der Waals surface area (Å²) in [6.07, 6.45) is 2.08. The summed E-state index contributed by atoms with van der Waals surface area (Å²) in [6, 6.07) is 18.6. The van der Waals surface area contributed by atoms with E-state index in [0.717, 1.165) is 12.8 Å². The van der Waals surface area contributed by atoms with E-state index in [1.165, 1.54) is 33.3 Å². The minimum absolute atomic E-state index is 0.980. The van der Waals surface area contributed by atoms with E-state index in [2.05, 4.69) is 67.9 Å². The molecule has 2 aromatic carbocycles. The van der Waals surface area contributed by atoms with Gasteiger partial charge >= 0.3 is 0 Å². The molecule has 1 heterocycles. The minimum atomic E-state index is 0.980. The standard InChI is InChI=1S/C19H20N/c1-4-15-9-11-16(12-10-15)13-18-14(2)20(3)19-8-6-5-7-17(18)19/h5-6,8-12H,4,13H2,1-3H3. The first-order valence-electron chi connectivity index (χ1n) is 7.23. The lowest BCUT2D eigenvalue weighted by Crippen LogP contribution is -1.94. The summed E-state index contributed by atoms with van der Waals surface area (Å²) in [4.78, 5) is 0. The molecule has 0 aliphatic carbocycles. The predicted molar refractivity (Wildman–Crippen MR) is 85.1 cm³/mol. The third-order valence-corrected chi connectivity index (χ3v) is 4.25. The molecule has 1 nitrogen and oxygen atoms in total. The van der Waals surface area contributed by atoms with Gasteiger partial charge in [0.15, 0.2) is 0 Å². The SMILES string of the molecule is CCc1ccc(Cc2c(C)n(C)c3ccc[c]c23)cc1. The second-order valence-corrected chi connectivity index (χ2v) is 5.40. The Balaban J connectivity index is 2.03. The third-order valence-electron chi connectivity index (χ3n) is 4.25. The lowest BCUT2D eigenvalue weighted by Gasteiger charge is -2.04. The topological polar surface area (TPSA) is 4.93 Å². The van der Waals surface area contributed by atoms with Gasteiger partial charge in [-0.2, -0.15) is 0 Å². The van der Waals surface area contributed by atoms with Crippen molar-refractivity contribution >= 4 is 10.9 Å². The van der Waals surface area contributed by atoms with E-state index in [1.807, 2.05) is 6.07 Å². The Morgan fingerprint density at radius 2 is 1.75 bits per heavy atom. The van der Waals surface area contributed by atoms with Gasteiger partial charge in [0.05, 0.1) is 0 Å². The van der Waals surface area contributed by atoms with Crippen molar-refractivity contribution in [2.45, 2.75) is 26.7 Å². The largest absolute Gasteiger partial charge is 0.348 e. The van der Waals surface area contributed by atoms with E-state index in [1.54, 1.807) is 0 Å². The van der Waals surface area contributed by atoms with E-state index >= 15 is 0 Å². The molecule has 0 aliphatic heterocycles.